The van der Waals surface area contributed by atoms with Crippen LogP contribution in [0.1, 0.15) is 42.5 Å². The van der Waals surface area contributed by atoms with Crippen LogP contribution >= 0.6 is 0 Å². The van der Waals surface area contributed by atoms with E-state index in [1.165, 1.54) is 12.3 Å². The quantitative estimate of drug-likeness (QED) is 0.466. The van der Waals surface area contributed by atoms with E-state index < -0.39 is 17.2 Å². The largest absolute Gasteiger partial charge is 0.465 e. The van der Waals surface area contributed by atoms with E-state index in [2.05, 4.69) is 16.0 Å². The minimum Gasteiger partial charge on any atom is -0.465 e. The second-order valence-electron chi connectivity index (χ2n) is 8.58. The zero-order valence-corrected chi connectivity index (χ0v) is 19.1. The van der Waals surface area contributed by atoms with E-state index in [-0.39, 0.29) is 11.6 Å². The standard InChI is InChI=1S/C26H27N3O4/c1-17-12-13-19(15-21(17)29-25(32)26(2,3)4)27-24(31)22(16-20-11-8-14-33-20)28-23(30)18-9-6-5-7-10-18/h5-16H,1-4H3,(H,27,31)(H,28,30)(H,29,32). The molecule has 0 unspecified atom stereocenters. The van der Waals surface area contributed by atoms with Gasteiger partial charge in [-0.15, -0.1) is 0 Å². The summed E-state index contributed by atoms with van der Waals surface area (Å²) in [6, 6.07) is 17.2. The zero-order chi connectivity index (χ0) is 24.0. The van der Waals surface area contributed by atoms with Crippen LogP contribution in [-0.4, -0.2) is 17.7 Å². The van der Waals surface area contributed by atoms with E-state index in [4.69, 9.17) is 4.42 Å². The van der Waals surface area contributed by atoms with Crippen LogP contribution in [0.4, 0.5) is 11.4 Å². The Hall–Kier alpha value is -4.13. The Morgan fingerprint density at radius 2 is 1.64 bits per heavy atom. The summed E-state index contributed by atoms with van der Waals surface area (Å²) in [5.74, 6) is -0.684. The fourth-order valence-corrected chi connectivity index (χ4v) is 2.80. The predicted octanol–water partition coefficient (Wildman–Crippen LogP) is 4.98. The maximum absolute atomic E-state index is 13.1. The summed E-state index contributed by atoms with van der Waals surface area (Å²) in [7, 11) is 0. The number of anilines is 2. The van der Waals surface area contributed by atoms with Crippen LogP contribution in [0.2, 0.25) is 0 Å². The Labute approximate surface area is 192 Å². The van der Waals surface area contributed by atoms with Crippen LogP contribution in [0, 0.1) is 12.3 Å². The topological polar surface area (TPSA) is 100 Å². The fraction of sp³-hybridized carbons (Fsp3) is 0.192. The molecule has 0 saturated heterocycles. The van der Waals surface area contributed by atoms with Gasteiger partial charge in [0.25, 0.3) is 11.8 Å². The van der Waals surface area contributed by atoms with Gasteiger partial charge in [0.15, 0.2) is 0 Å². The van der Waals surface area contributed by atoms with Crippen LogP contribution < -0.4 is 16.0 Å². The number of rotatable bonds is 6. The monoisotopic (exact) mass is 445 g/mol. The van der Waals surface area contributed by atoms with Crippen LogP contribution in [-0.2, 0) is 9.59 Å². The van der Waals surface area contributed by atoms with Crippen molar-refractivity contribution in [2.75, 3.05) is 10.6 Å². The lowest BCUT2D eigenvalue weighted by Crippen LogP contribution is -2.31. The molecule has 3 rings (SSSR count). The number of hydrogen-bond acceptors (Lipinski definition) is 4. The normalized spacial score (nSPS) is 11.6. The molecule has 0 aliphatic heterocycles. The summed E-state index contributed by atoms with van der Waals surface area (Å²) in [6.45, 7) is 7.34. The third kappa shape index (κ3) is 6.43. The number of aryl methyl sites for hydroxylation is 1. The van der Waals surface area contributed by atoms with Gasteiger partial charge in [-0.1, -0.05) is 45.0 Å². The summed E-state index contributed by atoms with van der Waals surface area (Å²) >= 11 is 0. The highest BCUT2D eigenvalue weighted by molar-refractivity contribution is 6.10. The van der Waals surface area contributed by atoms with Crippen LogP contribution in [0.15, 0.2) is 77.0 Å². The van der Waals surface area contributed by atoms with Crippen molar-refractivity contribution in [1.82, 2.24) is 5.32 Å². The van der Waals surface area contributed by atoms with Gasteiger partial charge in [0.2, 0.25) is 5.91 Å². The third-order valence-corrected chi connectivity index (χ3v) is 4.78. The smallest absolute Gasteiger partial charge is 0.272 e. The van der Waals surface area contributed by atoms with Crippen molar-refractivity contribution >= 4 is 35.2 Å². The summed E-state index contributed by atoms with van der Waals surface area (Å²) in [5.41, 5.74) is 1.78. The van der Waals surface area contributed by atoms with Crippen molar-refractivity contribution in [2.45, 2.75) is 27.7 Å². The lowest BCUT2D eigenvalue weighted by Gasteiger charge is -2.19. The van der Waals surface area contributed by atoms with Gasteiger partial charge in [-0.3, -0.25) is 14.4 Å². The Morgan fingerprint density at radius 3 is 2.27 bits per heavy atom. The number of hydrogen-bond donors (Lipinski definition) is 3. The van der Waals surface area contributed by atoms with E-state index in [0.717, 1.165) is 5.56 Å². The minimum atomic E-state index is -0.563. The third-order valence-electron chi connectivity index (χ3n) is 4.78. The van der Waals surface area contributed by atoms with Crippen LogP contribution in [0.5, 0.6) is 0 Å². The highest BCUT2D eigenvalue weighted by Gasteiger charge is 2.22. The Kier molecular flexibility index (Phi) is 7.13. The number of amides is 3. The summed E-state index contributed by atoms with van der Waals surface area (Å²) < 4.78 is 5.31. The van der Waals surface area contributed by atoms with Crippen molar-refractivity contribution in [3.8, 4) is 0 Å². The number of benzene rings is 2. The molecule has 0 aliphatic carbocycles. The molecular formula is C26H27N3O4. The number of nitrogens with one attached hydrogen (secondary N) is 3. The molecule has 0 radical (unpaired) electrons. The van der Waals surface area contributed by atoms with E-state index in [9.17, 15) is 14.4 Å². The Morgan fingerprint density at radius 1 is 0.909 bits per heavy atom. The summed E-state index contributed by atoms with van der Waals surface area (Å²) in [6.07, 6.45) is 2.93. The van der Waals surface area contributed by atoms with Gasteiger partial charge in [0.05, 0.1) is 6.26 Å². The molecular weight excluding hydrogens is 418 g/mol. The van der Waals surface area contributed by atoms with Crippen LogP contribution in [0.25, 0.3) is 6.08 Å². The first-order chi connectivity index (χ1) is 15.6. The molecule has 33 heavy (non-hydrogen) atoms. The Balaban J connectivity index is 1.83. The first-order valence-electron chi connectivity index (χ1n) is 10.5. The van der Waals surface area contributed by atoms with E-state index in [0.29, 0.717) is 22.7 Å². The number of furan rings is 1. The van der Waals surface area contributed by atoms with Gasteiger partial charge in [-0.2, -0.15) is 0 Å². The first kappa shape index (κ1) is 23.5. The maximum atomic E-state index is 13.1. The molecule has 3 amide bonds. The van der Waals surface area contributed by atoms with Gasteiger partial charge in [-0.05, 0) is 48.9 Å². The lowest BCUT2D eigenvalue weighted by atomic mass is 9.95. The highest BCUT2D eigenvalue weighted by atomic mass is 16.3. The SMILES string of the molecule is Cc1ccc(NC(=O)C(=Cc2ccco2)NC(=O)c2ccccc2)cc1NC(=O)C(C)(C)C. The van der Waals surface area contributed by atoms with E-state index in [1.54, 1.807) is 60.7 Å². The fourth-order valence-electron chi connectivity index (χ4n) is 2.80. The summed E-state index contributed by atoms with van der Waals surface area (Å²) in [4.78, 5) is 38.1. The molecule has 0 spiro atoms. The van der Waals surface area contributed by atoms with Gasteiger partial charge in [-0.25, -0.2) is 0 Å². The Bertz CT molecular complexity index is 1170. The molecule has 3 N–H and O–H groups in total. The highest BCUT2D eigenvalue weighted by Crippen LogP contribution is 2.24. The van der Waals surface area contributed by atoms with Crippen LogP contribution in [0.3, 0.4) is 0 Å². The van der Waals surface area contributed by atoms with Gasteiger partial charge >= 0.3 is 0 Å². The molecule has 0 bridgehead atoms. The summed E-state index contributed by atoms with van der Waals surface area (Å²) in [5, 5.41) is 8.32. The molecule has 0 saturated carbocycles. The van der Waals surface area contributed by atoms with E-state index in [1.807, 2.05) is 27.7 Å². The molecule has 1 aromatic heterocycles. The molecule has 1 heterocycles. The second kappa shape index (κ2) is 9.99. The van der Waals surface area contributed by atoms with Crippen molar-refractivity contribution in [1.29, 1.82) is 0 Å². The van der Waals surface area contributed by atoms with Gasteiger partial charge in [0.1, 0.15) is 11.5 Å². The zero-order valence-electron chi connectivity index (χ0n) is 19.1. The van der Waals surface area contributed by atoms with Crippen molar-refractivity contribution < 1.29 is 18.8 Å². The molecule has 2 aromatic carbocycles. The molecule has 170 valence electrons. The molecule has 0 aliphatic rings. The molecule has 7 nitrogen and oxygen atoms in total. The molecule has 7 heteroatoms. The molecule has 3 aromatic rings. The van der Waals surface area contributed by atoms with Crippen molar-refractivity contribution in [3.05, 3.63) is 89.5 Å². The second-order valence-corrected chi connectivity index (χ2v) is 8.58. The number of carbonyl (C=O) groups is 3. The number of carbonyl (C=O) groups excluding carboxylic acids is 3. The first-order valence-corrected chi connectivity index (χ1v) is 10.5. The van der Waals surface area contributed by atoms with E-state index >= 15 is 0 Å². The molecule has 0 atom stereocenters. The van der Waals surface area contributed by atoms with Gasteiger partial charge in [0, 0.05) is 28.4 Å². The van der Waals surface area contributed by atoms with Crippen molar-refractivity contribution in [2.24, 2.45) is 5.41 Å². The lowest BCUT2D eigenvalue weighted by molar-refractivity contribution is -0.123. The van der Waals surface area contributed by atoms with Crippen molar-refractivity contribution in [3.63, 3.8) is 0 Å². The average molecular weight is 446 g/mol. The van der Waals surface area contributed by atoms with Gasteiger partial charge < -0.3 is 20.4 Å². The minimum absolute atomic E-state index is 0.0136. The average Bonchev–Trinajstić information content (AvgIpc) is 3.28. The maximum Gasteiger partial charge on any atom is 0.272 e. The predicted molar refractivity (Wildman–Crippen MR) is 128 cm³/mol. The molecule has 0 fully saturated rings.